The molecule has 4 heteroatoms. The van der Waals surface area contributed by atoms with E-state index in [2.05, 4.69) is 11.9 Å². The van der Waals surface area contributed by atoms with Gasteiger partial charge in [0.2, 0.25) is 0 Å². The Hall–Kier alpha value is -2.13. The molecule has 2 aromatic carbocycles. The first-order valence-corrected chi connectivity index (χ1v) is 7.01. The molecule has 0 radical (unpaired) electrons. The number of rotatable bonds is 7. The zero-order valence-corrected chi connectivity index (χ0v) is 12.7. The van der Waals surface area contributed by atoms with Crippen LogP contribution in [0.5, 0.6) is 11.5 Å². The minimum absolute atomic E-state index is 0.491. The summed E-state index contributed by atoms with van der Waals surface area (Å²) in [5.74, 6) is 1.52. The maximum absolute atomic E-state index is 6.11. The largest absolute Gasteiger partial charge is 0.495 e. The topological polar surface area (TPSA) is 30.5 Å². The molecule has 1 N–H and O–H groups in total. The summed E-state index contributed by atoms with van der Waals surface area (Å²) in [4.78, 5) is 0. The van der Waals surface area contributed by atoms with Gasteiger partial charge in [-0.25, -0.2) is 0 Å². The van der Waals surface area contributed by atoms with Crippen molar-refractivity contribution < 1.29 is 9.47 Å². The van der Waals surface area contributed by atoms with Crippen molar-refractivity contribution in [1.82, 2.24) is 0 Å². The van der Waals surface area contributed by atoms with E-state index < -0.39 is 0 Å². The molecule has 0 atom stereocenters. The number of nitrogens with one attached hydrogen (secondary N) is 1. The molecular weight excluding hydrogens is 286 g/mol. The van der Waals surface area contributed by atoms with Gasteiger partial charge in [-0.15, -0.1) is 0 Å². The standard InChI is InChI=1S/C17H18ClNO2/c1-3-10-21-16-7-5-4-6-13(16)12-19-14-8-9-17(20-2)15(18)11-14/h3-9,11,19H,1,10,12H2,2H3. The predicted molar refractivity (Wildman–Crippen MR) is 87.5 cm³/mol. The van der Waals surface area contributed by atoms with Crippen molar-refractivity contribution in [3.05, 3.63) is 65.7 Å². The Bertz CT molecular complexity index is 613. The third-order valence-corrected chi connectivity index (χ3v) is 3.26. The number of anilines is 1. The van der Waals surface area contributed by atoms with E-state index in [9.17, 15) is 0 Å². The minimum Gasteiger partial charge on any atom is -0.495 e. The van der Waals surface area contributed by atoms with Gasteiger partial charge in [0.05, 0.1) is 12.1 Å². The SMILES string of the molecule is C=CCOc1ccccc1CNc1ccc(OC)c(Cl)c1. The van der Waals surface area contributed by atoms with Gasteiger partial charge in [0.1, 0.15) is 18.1 Å². The van der Waals surface area contributed by atoms with Gasteiger partial charge in [-0.2, -0.15) is 0 Å². The number of hydrogen-bond donors (Lipinski definition) is 1. The number of benzene rings is 2. The van der Waals surface area contributed by atoms with E-state index in [1.807, 2.05) is 42.5 Å². The molecule has 0 fully saturated rings. The van der Waals surface area contributed by atoms with Crippen LogP contribution in [0.3, 0.4) is 0 Å². The van der Waals surface area contributed by atoms with Crippen LogP contribution in [0.25, 0.3) is 0 Å². The first-order valence-electron chi connectivity index (χ1n) is 6.63. The number of methoxy groups -OCH3 is 1. The minimum atomic E-state index is 0.491. The van der Waals surface area contributed by atoms with Gasteiger partial charge in [-0.3, -0.25) is 0 Å². The number of hydrogen-bond acceptors (Lipinski definition) is 3. The van der Waals surface area contributed by atoms with E-state index in [1.54, 1.807) is 13.2 Å². The average molecular weight is 304 g/mol. The van der Waals surface area contributed by atoms with E-state index in [0.29, 0.717) is 23.9 Å². The Labute approximate surface area is 130 Å². The van der Waals surface area contributed by atoms with Gasteiger partial charge in [-0.05, 0) is 24.3 Å². The van der Waals surface area contributed by atoms with Crippen LogP contribution in [-0.4, -0.2) is 13.7 Å². The lowest BCUT2D eigenvalue weighted by atomic mass is 10.2. The third-order valence-electron chi connectivity index (χ3n) is 2.96. The molecule has 0 aliphatic rings. The van der Waals surface area contributed by atoms with Crippen molar-refractivity contribution >= 4 is 17.3 Å². The van der Waals surface area contributed by atoms with Crippen LogP contribution < -0.4 is 14.8 Å². The van der Waals surface area contributed by atoms with Crippen molar-refractivity contribution in [3.8, 4) is 11.5 Å². The molecule has 0 spiro atoms. The molecule has 0 aliphatic carbocycles. The van der Waals surface area contributed by atoms with Crippen LogP contribution >= 0.6 is 11.6 Å². The zero-order valence-electron chi connectivity index (χ0n) is 11.9. The molecule has 0 saturated heterocycles. The average Bonchev–Trinajstić information content (AvgIpc) is 2.52. The molecule has 0 unspecified atom stereocenters. The summed E-state index contributed by atoms with van der Waals surface area (Å²) in [6, 6.07) is 13.5. The molecule has 3 nitrogen and oxygen atoms in total. The van der Waals surface area contributed by atoms with Crippen molar-refractivity contribution in [3.63, 3.8) is 0 Å². The van der Waals surface area contributed by atoms with Crippen molar-refractivity contribution in [2.24, 2.45) is 0 Å². The molecule has 0 saturated carbocycles. The fourth-order valence-corrected chi connectivity index (χ4v) is 2.17. The Balaban J connectivity index is 2.05. The number of para-hydroxylation sites is 1. The normalized spacial score (nSPS) is 10.0. The number of ether oxygens (including phenoxy) is 2. The highest BCUT2D eigenvalue weighted by Gasteiger charge is 2.04. The molecular formula is C17H18ClNO2. The van der Waals surface area contributed by atoms with Crippen LogP contribution in [0.4, 0.5) is 5.69 Å². The van der Waals surface area contributed by atoms with Crippen LogP contribution in [-0.2, 0) is 6.54 Å². The molecule has 0 heterocycles. The van der Waals surface area contributed by atoms with Gasteiger partial charge in [0.25, 0.3) is 0 Å². The quantitative estimate of drug-likeness (QED) is 0.763. The lowest BCUT2D eigenvalue weighted by Crippen LogP contribution is -2.03. The van der Waals surface area contributed by atoms with Gasteiger partial charge >= 0.3 is 0 Å². The monoisotopic (exact) mass is 303 g/mol. The molecule has 0 bridgehead atoms. The summed E-state index contributed by atoms with van der Waals surface area (Å²) >= 11 is 6.11. The summed E-state index contributed by atoms with van der Waals surface area (Å²) < 4.78 is 10.8. The maximum Gasteiger partial charge on any atom is 0.137 e. The van der Waals surface area contributed by atoms with Crippen LogP contribution in [0.15, 0.2) is 55.1 Å². The highest BCUT2D eigenvalue weighted by molar-refractivity contribution is 6.32. The van der Waals surface area contributed by atoms with Gasteiger partial charge in [0, 0.05) is 17.8 Å². The number of halogens is 1. The first-order chi connectivity index (χ1) is 10.2. The van der Waals surface area contributed by atoms with E-state index in [4.69, 9.17) is 21.1 Å². The zero-order chi connectivity index (χ0) is 15.1. The maximum atomic E-state index is 6.11. The lowest BCUT2D eigenvalue weighted by Gasteiger charge is -2.12. The third kappa shape index (κ3) is 4.17. The van der Waals surface area contributed by atoms with Gasteiger partial charge in [-0.1, -0.05) is 42.5 Å². The van der Waals surface area contributed by atoms with Crippen molar-refractivity contribution in [2.45, 2.75) is 6.54 Å². The molecule has 21 heavy (non-hydrogen) atoms. The van der Waals surface area contributed by atoms with Crippen LogP contribution in [0.1, 0.15) is 5.56 Å². The van der Waals surface area contributed by atoms with E-state index >= 15 is 0 Å². The fourth-order valence-electron chi connectivity index (χ4n) is 1.91. The van der Waals surface area contributed by atoms with Gasteiger partial charge in [0.15, 0.2) is 0 Å². The smallest absolute Gasteiger partial charge is 0.137 e. The molecule has 2 rings (SSSR count). The second kappa shape index (κ2) is 7.60. The van der Waals surface area contributed by atoms with Crippen molar-refractivity contribution in [1.29, 1.82) is 0 Å². The Morgan fingerprint density at radius 3 is 2.71 bits per heavy atom. The van der Waals surface area contributed by atoms with E-state index in [0.717, 1.165) is 17.0 Å². The summed E-state index contributed by atoms with van der Waals surface area (Å²) in [5.41, 5.74) is 2.01. The van der Waals surface area contributed by atoms with Crippen LogP contribution in [0, 0.1) is 0 Å². The van der Waals surface area contributed by atoms with Gasteiger partial charge < -0.3 is 14.8 Å². The second-order valence-electron chi connectivity index (χ2n) is 4.41. The molecule has 0 amide bonds. The summed E-state index contributed by atoms with van der Waals surface area (Å²) in [6.07, 6.45) is 1.73. The summed E-state index contributed by atoms with van der Waals surface area (Å²) in [5, 5.41) is 3.91. The molecule has 110 valence electrons. The van der Waals surface area contributed by atoms with Crippen molar-refractivity contribution in [2.75, 3.05) is 19.0 Å². The predicted octanol–water partition coefficient (Wildman–Crippen LogP) is 4.53. The Morgan fingerprint density at radius 1 is 1.19 bits per heavy atom. The highest BCUT2D eigenvalue weighted by Crippen LogP contribution is 2.28. The molecule has 0 aromatic heterocycles. The Kier molecular flexibility index (Phi) is 5.52. The van der Waals surface area contributed by atoms with E-state index in [-0.39, 0.29) is 0 Å². The summed E-state index contributed by atoms with van der Waals surface area (Å²) in [7, 11) is 1.60. The van der Waals surface area contributed by atoms with E-state index in [1.165, 1.54) is 0 Å². The summed E-state index contributed by atoms with van der Waals surface area (Å²) in [6.45, 7) is 4.80. The second-order valence-corrected chi connectivity index (χ2v) is 4.82. The Morgan fingerprint density at radius 2 is 2.00 bits per heavy atom. The van der Waals surface area contributed by atoms with Crippen LogP contribution in [0.2, 0.25) is 5.02 Å². The highest BCUT2D eigenvalue weighted by atomic mass is 35.5. The molecule has 2 aromatic rings. The first kappa shape index (κ1) is 15.3. The lowest BCUT2D eigenvalue weighted by molar-refractivity contribution is 0.359. The fraction of sp³-hybridized carbons (Fsp3) is 0.176. The molecule has 0 aliphatic heterocycles.